The van der Waals surface area contributed by atoms with Crippen LogP contribution in [0.25, 0.3) is 0 Å². The zero-order valence-electron chi connectivity index (χ0n) is 11.7. The Morgan fingerprint density at radius 3 is 2.48 bits per heavy atom. The lowest BCUT2D eigenvalue weighted by molar-refractivity contribution is -0.139. The number of hydrogen-bond acceptors (Lipinski definition) is 4. The molecule has 0 saturated carbocycles. The molecule has 0 aliphatic carbocycles. The van der Waals surface area contributed by atoms with Gasteiger partial charge in [0.25, 0.3) is 5.56 Å². The van der Waals surface area contributed by atoms with Gasteiger partial charge in [-0.15, -0.1) is 0 Å². The van der Waals surface area contributed by atoms with Gasteiger partial charge in [0.15, 0.2) is 5.82 Å². The van der Waals surface area contributed by atoms with Gasteiger partial charge in [-0.25, -0.2) is 0 Å². The van der Waals surface area contributed by atoms with Crippen LogP contribution in [0.1, 0.15) is 38.0 Å². The molecule has 8 heteroatoms. The molecule has 0 fully saturated rings. The van der Waals surface area contributed by atoms with Gasteiger partial charge in [0.2, 0.25) is 5.89 Å². The van der Waals surface area contributed by atoms with Crippen LogP contribution in [0.2, 0.25) is 0 Å². The Kier molecular flexibility index (Phi) is 3.65. The van der Waals surface area contributed by atoms with Crippen LogP contribution in [0.15, 0.2) is 27.6 Å². The Morgan fingerprint density at radius 1 is 1.29 bits per heavy atom. The number of halogens is 3. The highest BCUT2D eigenvalue weighted by molar-refractivity contribution is 5.14. The van der Waals surface area contributed by atoms with Crippen LogP contribution >= 0.6 is 0 Å². The predicted molar refractivity (Wildman–Crippen MR) is 67.8 cm³/mol. The molecule has 0 amide bonds. The average molecular weight is 301 g/mol. The van der Waals surface area contributed by atoms with Crippen LogP contribution in [0, 0.1) is 0 Å². The van der Waals surface area contributed by atoms with Crippen LogP contribution in [0.3, 0.4) is 0 Å². The van der Waals surface area contributed by atoms with Gasteiger partial charge in [0.1, 0.15) is 12.1 Å². The fourth-order valence-electron chi connectivity index (χ4n) is 1.65. The van der Waals surface area contributed by atoms with E-state index in [1.807, 2.05) is 20.8 Å². The van der Waals surface area contributed by atoms with Crippen molar-refractivity contribution >= 4 is 0 Å². The molecular formula is C13H14F3N3O2. The molecule has 114 valence electrons. The molecule has 2 aromatic heterocycles. The van der Waals surface area contributed by atoms with Gasteiger partial charge >= 0.3 is 6.18 Å². The molecule has 0 bridgehead atoms. The largest absolute Gasteiger partial charge is 0.421 e. The second-order valence-corrected chi connectivity index (χ2v) is 5.61. The zero-order chi connectivity index (χ0) is 15.8. The van der Waals surface area contributed by atoms with Crippen molar-refractivity contribution in [3.05, 3.63) is 46.0 Å². The van der Waals surface area contributed by atoms with Crippen molar-refractivity contribution in [2.75, 3.05) is 0 Å². The van der Waals surface area contributed by atoms with Gasteiger partial charge in [-0.3, -0.25) is 4.79 Å². The van der Waals surface area contributed by atoms with E-state index in [1.165, 1.54) is 6.20 Å². The van der Waals surface area contributed by atoms with E-state index < -0.39 is 17.3 Å². The minimum Gasteiger partial charge on any atom is -0.337 e. The molecule has 2 aromatic rings. The van der Waals surface area contributed by atoms with Crippen molar-refractivity contribution in [2.24, 2.45) is 0 Å². The number of pyridine rings is 1. The van der Waals surface area contributed by atoms with Crippen molar-refractivity contribution < 1.29 is 17.7 Å². The van der Waals surface area contributed by atoms with Crippen molar-refractivity contribution in [3.63, 3.8) is 0 Å². The Bertz CT molecular complexity index is 696. The maximum atomic E-state index is 12.7. The van der Waals surface area contributed by atoms with Gasteiger partial charge in [-0.2, -0.15) is 18.2 Å². The van der Waals surface area contributed by atoms with Crippen LogP contribution in [0.4, 0.5) is 13.2 Å². The first-order valence-corrected chi connectivity index (χ1v) is 6.19. The third kappa shape index (κ3) is 3.32. The van der Waals surface area contributed by atoms with Crippen LogP contribution in [0.5, 0.6) is 0 Å². The summed E-state index contributed by atoms with van der Waals surface area (Å²) in [4.78, 5) is 15.9. The fourth-order valence-corrected chi connectivity index (χ4v) is 1.65. The molecule has 2 heterocycles. The van der Waals surface area contributed by atoms with Crippen molar-refractivity contribution in [1.82, 2.24) is 14.7 Å². The molecule has 0 N–H and O–H groups in total. The molecule has 0 aromatic carbocycles. The lowest BCUT2D eigenvalue weighted by Crippen LogP contribution is -2.28. The van der Waals surface area contributed by atoms with Gasteiger partial charge in [0.05, 0.1) is 0 Å². The van der Waals surface area contributed by atoms with E-state index in [2.05, 4.69) is 10.1 Å². The SMILES string of the molecule is CC(C)(C)c1noc(Cn2cccc(C(F)(F)F)c2=O)n1. The minimum atomic E-state index is -4.69. The van der Waals surface area contributed by atoms with Gasteiger partial charge in [-0.05, 0) is 12.1 Å². The monoisotopic (exact) mass is 301 g/mol. The van der Waals surface area contributed by atoms with E-state index in [0.717, 1.165) is 16.7 Å². The smallest absolute Gasteiger partial charge is 0.337 e. The van der Waals surface area contributed by atoms with E-state index in [1.54, 1.807) is 0 Å². The summed E-state index contributed by atoms with van der Waals surface area (Å²) in [5.41, 5.74) is -2.71. The normalized spacial score (nSPS) is 12.7. The summed E-state index contributed by atoms with van der Waals surface area (Å²) >= 11 is 0. The standard InChI is InChI=1S/C13H14F3N3O2/c1-12(2,3)11-17-9(21-18-11)7-19-6-4-5-8(10(19)20)13(14,15)16/h4-6H,7H2,1-3H3. The summed E-state index contributed by atoms with van der Waals surface area (Å²) in [6, 6.07) is 1.90. The molecule has 0 radical (unpaired) electrons. The van der Waals surface area contributed by atoms with Gasteiger partial charge < -0.3 is 9.09 Å². The first kappa shape index (κ1) is 15.3. The molecule has 0 atom stereocenters. The van der Waals surface area contributed by atoms with E-state index in [4.69, 9.17) is 4.52 Å². The first-order valence-electron chi connectivity index (χ1n) is 6.19. The quantitative estimate of drug-likeness (QED) is 0.855. The fraction of sp³-hybridized carbons (Fsp3) is 0.462. The molecule has 21 heavy (non-hydrogen) atoms. The summed E-state index contributed by atoms with van der Waals surface area (Å²) in [5.74, 6) is 0.513. The molecule has 0 saturated heterocycles. The number of hydrogen-bond donors (Lipinski definition) is 0. The molecule has 0 aliphatic rings. The molecule has 0 unspecified atom stereocenters. The second-order valence-electron chi connectivity index (χ2n) is 5.61. The van der Waals surface area contributed by atoms with Crippen molar-refractivity contribution in [2.45, 2.75) is 38.9 Å². The van der Waals surface area contributed by atoms with E-state index in [9.17, 15) is 18.0 Å². The Hall–Kier alpha value is -2.12. The van der Waals surface area contributed by atoms with Crippen molar-refractivity contribution in [1.29, 1.82) is 0 Å². The number of rotatable bonds is 2. The van der Waals surface area contributed by atoms with Gasteiger partial charge in [0, 0.05) is 11.6 Å². The molecule has 2 rings (SSSR count). The minimum absolute atomic E-state index is 0.0846. The van der Waals surface area contributed by atoms with Crippen LogP contribution in [-0.4, -0.2) is 14.7 Å². The molecule has 5 nitrogen and oxygen atoms in total. The van der Waals surface area contributed by atoms with Crippen molar-refractivity contribution in [3.8, 4) is 0 Å². The number of aromatic nitrogens is 3. The second kappa shape index (κ2) is 5.01. The van der Waals surface area contributed by atoms with E-state index >= 15 is 0 Å². The Balaban J connectivity index is 2.33. The highest BCUT2D eigenvalue weighted by Crippen LogP contribution is 2.26. The maximum absolute atomic E-state index is 12.7. The summed E-state index contributed by atoms with van der Waals surface area (Å²) in [7, 11) is 0. The topological polar surface area (TPSA) is 60.9 Å². The van der Waals surface area contributed by atoms with E-state index in [0.29, 0.717) is 5.82 Å². The van der Waals surface area contributed by atoms with Crippen LogP contribution < -0.4 is 5.56 Å². The predicted octanol–water partition coefficient (Wildman–Crippen LogP) is 2.60. The van der Waals surface area contributed by atoms with E-state index in [-0.39, 0.29) is 17.9 Å². The maximum Gasteiger partial charge on any atom is 0.421 e. The molecular weight excluding hydrogens is 287 g/mol. The highest BCUT2D eigenvalue weighted by Gasteiger charge is 2.34. The number of alkyl halides is 3. The summed E-state index contributed by atoms with van der Waals surface area (Å²) < 4.78 is 43.9. The molecule has 0 spiro atoms. The zero-order valence-corrected chi connectivity index (χ0v) is 11.7. The highest BCUT2D eigenvalue weighted by atomic mass is 19.4. The number of nitrogens with zero attached hydrogens (tertiary/aromatic N) is 3. The summed E-state index contributed by atoms with van der Waals surface area (Å²) in [5, 5.41) is 3.76. The summed E-state index contributed by atoms with van der Waals surface area (Å²) in [6.07, 6.45) is -3.44. The third-order valence-electron chi connectivity index (χ3n) is 2.77. The molecule has 0 aliphatic heterocycles. The third-order valence-corrected chi connectivity index (χ3v) is 2.77. The Morgan fingerprint density at radius 2 is 1.95 bits per heavy atom. The first-order chi connectivity index (χ1) is 9.59. The lowest BCUT2D eigenvalue weighted by Gasteiger charge is -2.11. The van der Waals surface area contributed by atoms with Crippen LogP contribution in [-0.2, 0) is 18.1 Å². The Labute approximate surface area is 118 Å². The van der Waals surface area contributed by atoms with Gasteiger partial charge in [-0.1, -0.05) is 25.9 Å². The summed E-state index contributed by atoms with van der Waals surface area (Å²) in [6.45, 7) is 5.42. The lowest BCUT2D eigenvalue weighted by atomic mass is 9.96. The average Bonchev–Trinajstić information content (AvgIpc) is 2.78.